The molecule has 1 atom stereocenters. The minimum atomic E-state index is -0.961. The maximum Gasteiger partial charge on any atom is 0.288 e. The second kappa shape index (κ2) is 10.4. The fraction of sp³-hybridized carbons (Fsp3) is 0.375. The highest BCUT2D eigenvalue weighted by Crippen LogP contribution is 2.33. The first kappa shape index (κ1) is 24.6. The summed E-state index contributed by atoms with van der Waals surface area (Å²) in [5, 5.41) is 11.3. The first-order valence-corrected chi connectivity index (χ1v) is 12.6. The third-order valence-corrected chi connectivity index (χ3v) is 7.42. The van der Waals surface area contributed by atoms with Gasteiger partial charge in [-0.1, -0.05) is 37.3 Å². The zero-order valence-electron chi connectivity index (χ0n) is 18.3. The molecule has 1 aliphatic heterocycles. The van der Waals surface area contributed by atoms with Gasteiger partial charge < -0.3 is 4.90 Å². The number of rotatable bonds is 5. The average Bonchev–Trinajstić information content (AvgIpc) is 2.97. The third kappa shape index (κ3) is 4.95. The van der Waals surface area contributed by atoms with Gasteiger partial charge in [-0.2, -0.15) is 0 Å². The van der Waals surface area contributed by atoms with E-state index in [1.165, 1.54) is 17.0 Å². The minimum absolute atomic E-state index is 0.0698. The molecule has 2 aromatic rings. The number of nitro groups is 1. The van der Waals surface area contributed by atoms with E-state index in [0.717, 1.165) is 40.2 Å². The molecule has 178 valence electrons. The molecule has 3 amide bonds. The van der Waals surface area contributed by atoms with Gasteiger partial charge in [-0.05, 0) is 71.8 Å². The molecule has 4 rings (SSSR count). The lowest BCUT2D eigenvalue weighted by atomic mass is 10.0. The molecule has 1 unspecified atom stereocenters. The molecule has 0 N–H and O–H groups in total. The highest BCUT2D eigenvalue weighted by molar-refractivity contribution is 14.1. The van der Waals surface area contributed by atoms with Gasteiger partial charge in [-0.25, -0.2) is 4.90 Å². The Morgan fingerprint density at radius 2 is 1.71 bits per heavy atom. The van der Waals surface area contributed by atoms with Crippen LogP contribution in [0.2, 0.25) is 5.02 Å². The zero-order chi connectivity index (χ0) is 24.4. The van der Waals surface area contributed by atoms with Crippen LogP contribution in [0.3, 0.4) is 0 Å². The molecule has 1 heterocycles. The molecule has 10 heteroatoms. The zero-order valence-corrected chi connectivity index (χ0v) is 21.2. The van der Waals surface area contributed by atoms with Gasteiger partial charge in [0.05, 0.1) is 17.0 Å². The lowest BCUT2D eigenvalue weighted by molar-refractivity contribution is -0.384. The predicted molar refractivity (Wildman–Crippen MR) is 136 cm³/mol. The van der Waals surface area contributed by atoms with Crippen LogP contribution < -0.4 is 4.90 Å². The monoisotopic (exact) mass is 595 g/mol. The summed E-state index contributed by atoms with van der Waals surface area (Å²) < 4.78 is 0.969. The van der Waals surface area contributed by atoms with E-state index in [2.05, 4.69) is 22.6 Å². The Labute approximate surface area is 215 Å². The van der Waals surface area contributed by atoms with E-state index in [9.17, 15) is 24.5 Å². The van der Waals surface area contributed by atoms with Crippen molar-refractivity contribution in [3.63, 3.8) is 0 Å². The van der Waals surface area contributed by atoms with Gasteiger partial charge in [0, 0.05) is 21.2 Å². The van der Waals surface area contributed by atoms with Crippen LogP contribution in [-0.4, -0.2) is 39.6 Å². The maximum absolute atomic E-state index is 13.7. The highest BCUT2D eigenvalue weighted by atomic mass is 127. The van der Waals surface area contributed by atoms with Gasteiger partial charge >= 0.3 is 0 Å². The molecule has 2 aliphatic rings. The van der Waals surface area contributed by atoms with Gasteiger partial charge in [-0.15, -0.1) is 0 Å². The fourth-order valence-corrected chi connectivity index (χ4v) is 5.27. The van der Waals surface area contributed by atoms with Gasteiger partial charge in [0.2, 0.25) is 5.91 Å². The standard InChI is InChI=1S/C24H23ClIN3O5/c25-19-12-7-15(13-20(19)29(33)34)23(31)27(17-5-3-1-2-4-6-17)21-14-22(30)28(24(21)32)18-10-8-16(26)9-11-18/h7-13,17,21H,1-6,14H2. The predicted octanol–water partition coefficient (Wildman–Crippen LogP) is 5.35. The van der Waals surface area contributed by atoms with Crippen LogP contribution >= 0.6 is 34.2 Å². The maximum atomic E-state index is 13.7. The van der Waals surface area contributed by atoms with Gasteiger partial charge in [0.25, 0.3) is 17.5 Å². The normalized spacial score (nSPS) is 19.2. The molecule has 1 aliphatic carbocycles. The van der Waals surface area contributed by atoms with Crippen molar-refractivity contribution < 1.29 is 19.3 Å². The number of benzene rings is 2. The molecule has 0 radical (unpaired) electrons. The van der Waals surface area contributed by atoms with Crippen LogP contribution in [0.4, 0.5) is 11.4 Å². The third-order valence-electron chi connectivity index (χ3n) is 6.39. The number of anilines is 1. The number of amides is 3. The van der Waals surface area contributed by atoms with Crippen molar-refractivity contribution in [1.82, 2.24) is 4.90 Å². The summed E-state index contributed by atoms with van der Waals surface area (Å²) in [5.41, 5.74) is 0.171. The van der Waals surface area contributed by atoms with Crippen molar-refractivity contribution in [3.8, 4) is 0 Å². The van der Waals surface area contributed by atoms with E-state index in [-0.39, 0.29) is 34.6 Å². The summed E-state index contributed by atoms with van der Waals surface area (Å²) in [5.74, 6) is -1.32. The van der Waals surface area contributed by atoms with E-state index in [1.807, 2.05) is 12.1 Å². The second-order valence-electron chi connectivity index (χ2n) is 8.54. The number of carbonyl (C=O) groups excluding carboxylic acids is 3. The Hall–Kier alpha value is -2.53. The molecular formula is C24H23ClIN3O5. The molecule has 8 nitrogen and oxygen atoms in total. The molecule has 1 saturated carbocycles. The molecule has 2 fully saturated rings. The quantitative estimate of drug-likeness (QED) is 0.153. The Kier molecular flexibility index (Phi) is 7.51. The van der Waals surface area contributed by atoms with Gasteiger partial charge in [0.1, 0.15) is 11.1 Å². The minimum Gasteiger partial charge on any atom is -0.323 e. The Morgan fingerprint density at radius 3 is 2.32 bits per heavy atom. The number of nitro benzene ring substituents is 1. The van der Waals surface area contributed by atoms with Gasteiger partial charge in [0.15, 0.2) is 0 Å². The Morgan fingerprint density at radius 1 is 1.06 bits per heavy atom. The van der Waals surface area contributed by atoms with Crippen LogP contribution in [-0.2, 0) is 9.59 Å². The van der Waals surface area contributed by atoms with Crippen LogP contribution in [0.25, 0.3) is 0 Å². The Balaban J connectivity index is 1.72. The van der Waals surface area contributed by atoms with Crippen molar-refractivity contribution in [1.29, 1.82) is 0 Å². The summed E-state index contributed by atoms with van der Waals surface area (Å²) in [6.07, 6.45) is 5.19. The van der Waals surface area contributed by atoms with Crippen LogP contribution in [0.1, 0.15) is 55.3 Å². The largest absolute Gasteiger partial charge is 0.323 e. The number of carbonyl (C=O) groups is 3. The summed E-state index contributed by atoms with van der Waals surface area (Å²) in [6, 6.07) is 9.74. The molecular weight excluding hydrogens is 573 g/mol. The first-order chi connectivity index (χ1) is 16.3. The lowest BCUT2D eigenvalue weighted by Gasteiger charge is -2.35. The molecule has 0 aromatic heterocycles. The van der Waals surface area contributed by atoms with Crippen molar-refractivity contribution >= 4 is 63.3 Å². The fourth-order valence-electron chi connectivity index (χ4n) is 4.73. The molecule has 34 heavy (non-hydrogen) atoms. The van der Waals surface area contributed by atoms with Crippen LogP contribution in [0.15, 0.2) is 42.5 Å². The van der Waals surface area contributed by atoms with E-state index in [0.29, 0.717) is 18.5 Å². The highest BCUT2D eigenvalue weighted by Gasteiger charge is 2.46. The van der Waals surface area contributed by atoms with Crippen molar-refractivity contribution in [3.05, 3.63) is 66.7 Å². The number of nitrogens with zero attached hydrogens (tertiary/aromatic N) is 3. The summed E-state index contributed by atoms with van der Waals surface area (Å²) in [4.78, 5) is 53.6. The number of hydrogen-bond donors (Lipinski definition) is 0. The SMILES string of the molecule is O=C1CC(N(C(=O)c2ccc(Cl)c([N+](=O)[O-])c2)C2CCCCCC2)C(=O)N1c1ccc(I)cc1. The summed E-state index contributed by atoms with van der Waals surface area (Å²) in [7, 11) is 0. The van der Waals surface area contributed by atoms with Crippen molar-refractivity contribution in [2.75, 3.05) is 4.90 Å². The van der Waals surface area contributed by atoms with Crippen molar-refractivity contribution in [2.24, 2.45) is 0 Å². The average molecular weight is 596 g/mol. The number of halogens is 2. The number of imide groups is 1. The second-order valence-corrected chi connectivity index (χ2v) is 10.2. The first-order valence-electron chi connectivity index (χ1n) is 11.2. The molecule has 0 spiro atoms. The molecule has 0 bridgehead atoms. The van der Waals surface area contributed by atoms with E-state index >= 15 is 0 Å². The van der Waals surface area contributed by atoms with Crippen LogP contribution in [0.5, 0.6) is 0 Å². The van der Waals surface area contributed by atoms with E-state index < -0.39 is 22.8 Å². The van der Waals surface area contributed by atoms with Gasteiger partial charge in [-0.3, -0.25) is 24.5 Å². The van der Waals surface area contributed by atoms with E-state index in [1.54, 1.807) is 12.1 Å². The summed E-state index contributed by atoms with van der Waals surface area (Å²) in [6.45, 7) is 0. The molecule has 2 aromatic carbocycles. The molecule has 1 saturated heterocycles. The Bertz CT molecular complexity index is 1130. The summed E-state index contributed by atoms with van der Waals surface area (Å²) >= 11 is 8.08. The lowest BCUT2D eigenvalue weighted by Crippen LogP contribution is -2.50. The van der Waals surface area contributed by atoms with Crippen LogP contribution in [0, 0.1) is 13.7 Å². The van der Waals surface area contributed by atoms with Crippen molar-refractivity contribution in [2.45, 2.75) is 57.0 Å². The smallest absolute Gasteiger partial charge is 0.288 e. The number of hydrogen-bond acceptors (Lipinski definition) is 5. The van der Waals surface area contributed by atoms with E-state index in [4.69, 9.17) is 11.6 Å². The topological polar surface area (TPSA) is 101 Å².